The number of rotatable bonds is 3. The molecule has 1 saturated heterocycles. The molecule has 2 heterocycles. The summed E-state index contributed by atoms with van der Waals surface area (Å²) >= 11 is 0. The zero-order chi connectivity index (χ0) is 19.8. The quantitative estimate of drug-likeness (QED) is 0.827. The van der Waals surface area contributed by atoms with Crippen LogP contribution in [0.15, 0.2) is 28.8 Å². The van der Waals surface area contributed by atoms with Gasteiger partial charge >= 0.3 is 18.0 Å². The van der Waals surface area contributed by atoms with Crippen LogP contribution < -0.4 is 0 Å². The lowest BCUT2D eigenvalue weighted by molar-refractivity contribution is -0.162. The molecule has 0 bridgehead atoms. The third-order valence-corrected chi connectivity index (χ3v) is 4.33. The largest absolute Gasteiger partial charge is 0.479 e. The van der Waals surface area contributed by atoms with Gasteiger partial charge in [-0.25, -0.2) is 4.79 Å². The first kappa shape index (κ1) is 18.8. The first-order chi connectivity index (χ1) is 12.6. The number of hydrogen-bond donors (Lipinski definition) is 2. The standard InChI is InChI=1S/C16H14F3N3O5/c17-16(18,19)13-20-11(21-27-13)9-1-3-10(4-2-9)12(23)22-7-5-15(26,6-8-22)14(24)25/h1-4,26H,5-8H2,(H,24,25). The molecule has 1 aromatic carbocycles. The molecule has 27 heavy (non-hydrogen) atoms. The van der Waals surface area contributed by atoms with Gasteiger partial charge in [-0.2, -0.15) is 18.2 Å². The molecule has 0 radical (unpaired) electrons. The number of likely N-dealkylation sites (tertiary alicyclic amines) is 1. The molecule has 1 aliphatic heterocycles. The predicted octanol–water partition coefficient (Wildman–Crippen LogP) is 1.81. The van der Waals surface area contributed by atoms with Crippen molar-refractivity contribution >= 4 is 11.9 Å². The Bertz CT molecular complexity index is 855. The van der Waals surface area contributed by atoms with E-state index in [4.69, 9.17) is 5.11 Å². The molecule has 1 aromatic heterocycles. The molecule has 0 saturated carbocycles. The Morgan fingerprint density at radius 2 is 1.74 bits per heavy atom. The van der Waals surface area contributed by atoms with Crippen LogP contribution in [-0.4, -0.2) is 55.8 Å². The average molecular weight is 385 g/mol. The molecule has 11 heteroatoms. The lowest BCUT2D eigenvalue weighted by Crippen LogP contribution is -2.50. The number of carboxylic acids is 1. The van der Waals surface area contributed by atoms with Crippen LogP contribution >= 0.6 is 0 Å². The van der Waals surface area contributed by atoms with Crippen molar-refractivity contribution in [2.24, 2.45) is 0 Å². The monoisotopic (exact) mass is 385 g/mol. The molecule has 0 aliphatic carbocycles. The molecule has 1 fully saturated rings. The van der Waals surface area contributed by atoms with Gasteiger partial charge in [0, 0.05) is 37.1 Å². The number of carboxylic acid groups (broad SMARTS) is 1. The highest BCUT2D eigenvalue weighted by Gasteiger charge is 2.40. The zero-order valence-electron chi connectivity index (χ0n) is 13.7. The third-order valence-electron chi connectivity index (χ3n) is 4.33. The minimum Gasteiger partial charge on any atom is -0.479 e. The Morgan fingerprint density at radius 1 is 1.15 bits per heavy atom. The van der Waals surface area contributed by atoms with Gasteiger partial charge in [-0.15, -0.1) is 0 Å². The second kappa shape index (κ2) is 6.65. The summed E-state index contributed by atoms with van der Waals surface area (Å²) in [7, 11) is 0. The summed E-state index contributed by atoms with van der Waals surface area (Å²) < 4.78 is 41.7. The number of amides is 1. The van der Waals surface area contributed by atoms with E-state index in [1.54, 1.807) is 0 Å². The van der Waals surface area contributed by atoms with Crippen molar-refractivity contribution in [1.82, 2.24) is 15.0 Å². The van der Waals surface area contributed by atoms with E-state index in [-0.39, 0.29) is 48.8 Å². The lowest BCUT2D eigenvalue weighted by atomic mass is 9.91. The highest BCUT2D eigenvalue weighted by atomic mass is 19.4. The molecule has 144 valence electrons. The molecule has 0 spiro atoms. The molecule has 3 rings (SSSR count). The highest BCUT2D eigenvalue weighted by molar-refractivity contribution is 5.95. The first-order valence-electron chi connectivity index (χ1n) is 7.86. The van der Waals surface area contributed by atoms with Gasteiger partial charge in [0.25, 0.3) is 5.91 Å². The van der Waals surface area contributed by atoms with Gasteiger partial charge in [-0.1, -0.05) is 17.3 Å². The molecule has 0 atom stereocenters. The number of alkyl halides is 3. The number of nitrogens with zero attached hydrogens (tertiary/aromatic N) is 3. The van der Waals surface area contributed by atoms with Crippen LogP contribution in [-0.2, 0) is 11.0 Å². The Kier molecular flexibility index (Phi) is 4.64. The summed E-state index contributed by atoms with van der Waals surface area (Å²) in [5.74, 6) is -3.42. The van der Waals surface area contributed by atoms with Crippen molar-refractivity contribution in [3.05, 3.63) is 35.7 Å². The molecule has 2 aromatic rings. The van der Waals surface area contributed by atoms with E-state index in [2.05, 4.69) is 14.7 Å². The molecule has 2 N–H and O–H groups in total. The average Bonchev–Trinajstić information content (AvgIpc) is 3.12. The Labute approximate surface area is 150 Å². The van der Waals surface area contributed by atoms with Crippen LogP contribution in [0.5, 0.6) is 0 Å². The van der Waals surface area contributed by atoms with Gasteiger partial charge in [-0.05, 0) is 12.1 Å². The van der Waals surface area contributed by atoms with Crippen molar-refractivity contribution in [3.63, 3.8) is 0 Å². The van der Waals surface area contributed by atoms with E-state index in [1.807, 2.05) is 0 Å². The van der Waals surface area contributed by atoms with Gasteiger partial charge in [0.2, 0.25) is 5.82 Å². The Balaban J connectivity index is 1.70. The molecular formula is C16H14F3N3O5. The van der Waals surface area contributed by atoms with E-state index in [0.29, 0.717) is 0 Å². The SMILES string of the molecule is O=C(c1ccc(-c2noc(C(F)(F)F)n2)cc1)N1CCC(O)(C(=O)O)CC1. The highest BCUT2D eigenvalue weighted by Crippen LogP contribution is 2.29. The van der Waals surface area contributed by atoms with Gasteiger partial charge in [0.1, 0.15) is 0 Å². The molecule has 1 aliphatic rings. The smallest absolute Gasteiger partial charge is 0.471 e. The number of carbonyl (C=O) groups excluding carboxylic acids is 1. The van der Waals surface area contributed by atoms with E-state index in [1.165, 1.54) is 29.2 Å². The lowest BCUT2D eigenvalue weighted by Gasteiger charge is -2.35. The summed E-state index contributed by atoms with van der Waals surface area (Å²) in [4.78, 5) is 28.1. The minimum absolute atomic E-state index is 0.0726. The maximum absolute atomic E-state index is 12.5. The molecule has 8 nitrogen and oxygen atoms in total. The van der Waals surface area contributed by atoms with Crippen LogP contribution in [0.1, 0.15) is 29.1 Å². The summed E-state index contributed by atoms with van der Waals surface area (Å²) in [5, 5.41) is 22.2. The van der Waals surface area contributed by atoms with Gasteiger partial charge in [0.05, 0.1) is 0 Å². The van der Waals surface area contributed by atoms with Crippen molar-refractivity contribution in [2.45, 2.75) is 24.6 Å². The van der Waals surface area contributed by atoms with E-state index < -0.39 is 23.6 Å². The van der Waals surface area contributed by atoms with Crippen LogP contribution in [0.25, 0.3) is 11.4 Å². The number of hydrogen-bond acceptors (Lipinski definition) is 6. The number of aliphatic hydroxyl groups is 1. The maximum Gasteiger partial charge on any atom is 0.471 e. The van der Waals surface area contributed by atoms with Crippen molar-refractivity contribution in [3.8, 4) is 11.4 Å². The summed E-state index contributed by atoms with van der Waals surface area (Å²) in [5.41, 5.74) is -1.33. The van der Waals surface area contributed by atoms with E-state index >= 15 is 0 Å². The third kappa shape index (κ3) is 3.77. The van der Waals surface area contributed by atoms with E-state index in [0.717, 1.165) is 0 Å². The maximum atomic E-state index is 12.5. The molecular weight excluding hydrogens is 371 g/mol. The predicted molar refractivity (Wildman–Crippen MR) is 82.5 cm³/mol. The summed E-state index contributed by atoms with van der Waals surface area (Å²) in [6.07, 6.45) is -4.92. The van der Waals surface area contributed by atoms with Crippen molar-refractivity contribution in [1.29, 1.82) is 0 Å². The number of aromatic nitrogens is 2. The Morgan fingerprint density at radius 3 is 2.22 bits per heavy atom. The van der Waals surface area contributed by atoms with Crippen molar-refractivity contribution in [2.75, 3.05) is 13.1 Å². The van der Waals surface area contributed by atoms with Gasteiger partial charge in [0.15, 0.2) is 5.60 Å². The zero-order valence-corrected chi connectivity index (χ0v) is 13.7. The Hall–Kier alpha value is -2.95. The van der Waals surface area contributed by atoms with E-state index in [9.17, 15) is 27.9 Å². The minimum atomic E-state index is -4.74. The van der Waals surface area contributed by atoms with Crippen molar-refractivity contribution < 1.29 is 37.5 Å². The number of benzene rings is 1. The fourth-order valence-electron chi connectivity index (χ4n) is 2.69. The first-order valence-corrected chi connectivity index (χ1v) is 7.86. The second-order valence-corrected chi connectivity index (χ2v) is 6.13. The van der Waals surface area contributed by atoms with Crippen LogP contribution in [0.2, 0.25) is 0 Å². The fraction of sp³-hybridized carbons (Fsp3) is 0.375. The molecule has 1 amide bonds. The van der Waals surface area contributed by atoms with Crippen LogP contribution in [0.3, 0.4) is 0 Å². The molecule has 0 unspecified atom stereocenters. The summed E-state index contributed by atoms with van der Waals surface area (Å²) in [6.45, 7) is 0.145. The van der Waals surface area contributed by atoms with Crippen LogP contribution in [0.4, 0.5) is 13.2 Å². The number of aliphatic carboxylic acids is 1. The fourth-order valence-corrected chi connectivity index (χ4v) is 2.69. The number of piperidine rings is 1. The summed E-state index contributed by atoms with van der Waals surface area (Å²) in [6, 6.07) is 5.57. The number of halogens is 3. The second-order valence-electron chi connectivity index (χ2n) is 6.13. The van der Waals surface area contributed by atoms with Gasteiger partial charge in [-0.3, -0.25) is 4.79 Å². The van der Waals surface area contributed by atoms with Gasteiger partial charge < -0.3 is 19.6 Å². The number of carbonyl (C=O) groups is 2. The topological polar surface area (TPSA) is 117 Å². The normalized spacial score (nSPS) is 17.0. The van der Waals surface area contributed by atoms with Crippen LogP contribution in [0, 0.1) is 0 Å².